The first-order chi connectivity index (χ1) is 14.0. The summed E-state index contributed by atoms with van der Waals surface area (Å²) in [5.41, 5.74) is 2.13. The highest BCUT2D eigenvalue weighted by atomic mass is 19.1. The lowest BCUT2D eigenvalue weighted by Crippen LogP contribution is -2.29. The SMILES string of the molecule is CC(C)CC(NC(=O)c1[c]c(COc2ccccc2)ccc1)c1ccc(F)cc1. The van der Waals surface area contributed by atoms with Crippen molar-refractivity contribution in [3.05, 3.63) is 101 Å². The third kappa shape index (κ3) is 6.18. The highest BCUT2D eigenvalue weighted by Crippen LogP contribution is 2.22. The number of hydrogen-bond donors (Lipinski definition) is 1. The van der Waals surface area contributed by atoms with Crippen molar-refractivity contribution in [2.75, 3.05) is 0 Å². The Labute approximate surface area is 171 Å². The zero-order valence-corrected chi connectivity index (χ0v) is 16.7. The number of ether oxygens (including phenoxy) is 1. The van der Waals surface area contributed by atoms with Gasteiger partial charge in [0.05, 0.1) is 6.04 Å². The second kappa shape index (κ2) is 9.87. The molecule has 1 atom stereocenters. The van der Waals surface area contributed by atoms with E-state index >= 15 is 0 Å². The molecule has 0 aliphatic heterocycles. The van der Waals surface area contributed by atoms with Gasteiger partial charge in [0, 0.05) is 11.6 Å². The van der Waals surface area contributed by atoms with Crippen LogP contribution in [0.5, 0.6) is 5.75 Å². The number of benzene rings is 3. The zero-order chi connectivity index (χ0) is 20.6. The minimum Gasteiger partial charge on any atom is -0.489 e. The van der Waals surface area contributed by atoms with E-state index in [1.807, 2.05) is 42.5 Å². The average Bonchev–Trinajstić information content (AvgIpc) is 2.73. The van der Waals surface area contributed by atoms with E-state index in [0.717, 1.165) is 23.3 Å². The maximum Gasteiger partial charge on any atom is 0.252 e. The molecule has 0 bridgehead atoms. The lowest BCUT2D eigenvalue weighted by atomic mass is 9.96. The second-order valence-corrected chi connectivity index (χ2v) is 7.40. The number of halogens is 1. The first-order valence-corrected chi connectivity index (χ1v) is 9.76. The molecule has 1 amide bonds. The smallest absolute Gasteiger partial charge is 0.252 e. The molecule has 4 heteroatoms. The van der Waals surface area contributed by atoms with Crippen LogP contribution in [-0.4, -0.2) is 5.91 Å². The number of rotatable bonds is 8. The number of nitrogens with one attached hydrogen (secondary N) is 1. The molecular weight excluding hydrogens is 365 g/mol. The quantitative estimate of drug-likeness (QED) is 0.534. The van der Waals surface area contributed by atoms with Crippen LogP contribution in [0.25, 0.3) is 0 Å². The van der Waals surface area contributed by atoms with Gasteiger partial charge in [0.15, 0.2) is 0 Å². The van der Waals surface area contributed by atoms with E-state index in [1.165, 1.54) is 12.1 Å². The third-order valence-electron chi connectivity index (χ3n) is 4.52. The van der Waals surface area contributed by atoms with Gasteiger partial charge in [-0.2, -0.15) is 0 Å². The van der Waals surface area contributed by atoms with Crippen molar-refractivity contribution in [1.82, 2.24) is 5.32 Å². The number of para-hydroxylation sites is 1. The molecule has 3 aromatic rings. The highest BCUT2D eigenvalue weighted by molar-refractivity contribution is 5.94. The second-order valence-electron chi connectivity index (χ2n) is 7.40. The molecule has 0 aromatic heterocycles. The van der Waals surface area contributed by atoms with Crippen molar-refractivity contribution in [1.29, 1.82) is 0 Å². The molecule has 1 radical (unpaired) electrons. The Hall–Kier alpha value is -3.14. The third-order valence-corrected chi connectivity index (χ3v) is 4.52. The number of carbonyl (C=O) groups excluding carboxylic acids is 1. The van der Waals surface area contributed by atoms with Gasteiger partial charge in [-0.05, 0) is 53.8 Å². The summed E-state index contributed by atoms with van der Waals surface area (Å²) >= 11 is 0. The van der Waals surface area contributed by atoms with Gasteiger partial charge in [0.2, 0.25) is 0 Å². The molecule has 0 fully saturated rings. The van der Waals surface area contributed by atoms with E-state index in [4.69, 9.17) is 4.74 Å². The molecule has 29 heavy (non-hydrogen) atoms. The Morgan fingerprint density at radius 2 is 1.72 bits per heavy atom. The van der Waals surface area contributed by atoms with Crippen LogP contribution >= 0.6 is 0 Å². The lowest BCUT2D eigenvalue weighted by molar-refractivity contribution is 0.0931. The standard InChI is InChI=1S/C25H25FNO2/c1-18(2)15-24(20-11-13-22(26)14-12-20)27-25(28)21-8-6-7-19(16-21)17-29-23-9-4-3-5-10-23/h3-14,18,24H,15,17H2,1-2H3,(H,27,28). The molecule has 1 unspecified atom stereocenters. The van der Waals surface area contributed by atoms with E-state index in [9.17, 15) is 9.18 Å². The maximum absolute atomic E-state index is 13.3. The molecule has 3 aromatic carbocycles. The fraction of sp³-hybridized carbons (Fsp3) is 0.240. The topological polar surface area (TPSA) is 38.3 Å². The Morgan fingerprint density at radius 1 is 1.00 bits per heavy atom. The van der Waals surface area contributed by atoms with Gasteiger partial charge in [-0.3, -0.25) is 4.79 Å². The van der Waals surface area contributed by atoms with Crippen LogP contribution in [0.15, 0.2) is 72.8 Å². The van der Waals surface area contributed by atoms with Gasteiger partial charge in [-0.15, -0.1) is 0 Å². The normalized spacial score (nSPS) is 11.9. The molecule has 0 heterocycles. The lowest BCUT2D eigenvalue weighted by Gasteiger charge is -2.21. The molecule has 3 nitrogen and oxygen atoms in total. The van der Waals surface area contributed by atoms with Crippen LogP contribution in [0, 0.1) is 17.8 Å². The van der Waals surface area contributed by atoms with Gasteiger partial charge in [-0.1, -0.05) is 56.3 Å². The molecule has 149 valence electrons. The predicted molar refractivity (Wildman–Crippen MR) is 112 cm³/mol. The van der Waals surface area contributed by atoms with Gasteiger partial charge in [0.1, 0.15) is 18.2 Å². The molecule has 3 rings (SSSR count). The summed E-state index contributed by atoms with van der Waals surface area (Å²) in [4.78, 5) is 12.8. The van der Waals surface area contributed by atoms with Crippen molar-refractivity contribution in [2.24, 2.45) is 5.92 Å². The van der Waals surface area contributed by atoms with Crippen LogP contribution in [0.4, 0.5) is 4.39 Å². The first kappa shape index (κ1) is 20.6. The van der Waals surface area contributed by atoms with Crippen molar-refractivity contribution >= 4 is 5.91 Å². The van der Waals surface area contributed by atoms with Gasteiger partial charge in [0.25, 0.3) is 5.91 Å². The van der Waals surface area contributed by atoms with Crippen LogP contribution in [0.3, 0.4) is 0 Å². The van der Waals surface area contributed by atoms with Crippen molar-refractivity contribution in [3.8, 4) is 5.75 Å². The van der Waals surface area contributed by atoms with E-state index in [0.29, 0.717) is 18.1 Å². The summed E-state index contributed by atoms with van der Waals surface area (Å²) < 4.78 is 19.0. The maximum atomic E-state index is 13.3. The molecule has 0 aliphatic carbocycles. The van der Waals surface area contributed by atoms with E-state index in [-0.39, 0.29) is 17.8 Å². The van der Waals surface area contributed by atoms with Gasteiger partial charge < -0.3 is 10.1 Å². The molecule has 0 saturated carbocycles. The molecule has 0 saturated heterocycles. The Morgan fingerprint density at radius 3 is 2.41 bits per heavy atom. The monoisotopic (exact) mass is 390 g/mol. The van der Waals surface area contributed by atoms with Gasteiger partial charge >= 0.3 is 0 Å². The Bertz CT molecular complexity index is 923. The zero-order valence-electron chi connectivity index (χ0n) is 16.7. The van der Waals surface area contributed by atoms with E-state index in [1.54, 1.807) is 18.2 Å². The largest absolute Gasteiger partial charge is 0.489 e. The molecule has 1 N–H and O–H groups in total. The summed E-state index contributed by atoms with van der Waals surface area (Å²) in [5, 5.41) is 3.07. The summed E-state index contributed by atoms with van der Waals surface area (Å²) in [6, 6.07) is 24.2. The number of carbonyl (C=O) groups is 1. The summed E-state index contributed by atoms with van der Waals surface area (Å²) in [6.07, 6.45) is 0.758. The molecular formula is C25H25FNO2. The summed E-state index contributed by atoms with van der Waals surface area (Å²) in [7, 11) is 0. The first-order valence-electron chi connectivity index (χ1n) is 9.76. The number of hydrogen-bond acceptors (Lipinski definition) is 2. The van der Waals surface area contributed by atoms with Crippen LogP contribution in [0.2, 0.25) is 0 Å². The Kier molecular flexibility index (Phi) is 7.01. The van der Waals surface area contributed by atoms with Gasteiger partial charge in [-0.25, -0.2) is 4.39 Å². The van der Waals surface area contributed by atoms with E-state index < -0.39 is 0 Å². The van der Waals surface area contributed by atoms with Crippen molar-refractivity contribution < 1.29 is 13.9 Å². The predicted octanol–water partition coefficient (Wildman–Crippen LogP) is 5.72. The fourth-order valence-electron chi connectivity index (χ4n) is 3.09. The average molecular weight is 390 g/mol. The van der Waals surface area contributed by atoms with Crippen molar-refractivity contribution in [3.63, 3.8) is 0 Å². The Balaban J connectivity index is 1.70. The molecule has 0 aliphatic rings. The van der Waals surface area contributed by atoms with E-state index in [2.05, 4.69) is 25.2 Å². The van der Waals surface area contributed by atoms with Crippen LogP contribution in [-0.2, 0) is 6.61 Å². The fourth-order valence-corrected chi connectivity index (χ4v) is 3.09. The van der Waals surface area contributed by atoms with Crippen LogP contribution in [0.1, 0.15) is 47.8 Å². The minimum atomic E-state index is -0.289. The number of amides is 1. The van der Waals surface area contributed by atoms with Crippen LogP contribution < -0.4 is 10.1 Å². The highest BCUT2D eigenvalue weighted by Gasteiger charge is 2.18. The minimum absolute atomic E-state index is 0.194. The summed E-state index contributed by atoms with van der Waals surface area (Å²) in [5.74, 6) is 0.647. The van der Waals surface area contributed by atoms with Crippen molar-refractivity contribution in [2.45, 2.75) is 32.9 Å². The molecule has 0 spiro atoms. The summed E-state index contributed by atoms with van der Waals surface area (Å²) in [6.45, 7) is 4.52.